The Balaban J connectivity index is 0.00000200. The molecule has 0 spiro atoms. The molecular weight excluding hydrogens is 401 g/mol. The van der Waals surface area contributed by atoms with E-state index in [9.17, 15) is 0 Å². The third-order valence-electron chi connectivity index (χ3n) is 2.85. The van der Waals surface area contributed by atoms with Crippen molar-refractivity contribution in [3.63, 3.8) is 0 Å². The standard InChI is InChI=1S/C14H19N3S2.HI/c1-11-6-9-19-13(11)10-17-14(15-2)16-7-5-12-4-3-8-18-12;/h3-4,6,8-9H,5,7,10H2,1-2H3,(H2,15,16,17);1H. The fourth-order valence-corrected chi connectivity index (χ4v) is 3.28. The lowest BCUT2D eigenvalue weighted by atomic mass is 10.3. The van der Waals surface area contributed by atoms with Gasteiger partial charge in [-0.1, -0.05) is 6.07 Å². The molecule has 6 heteroatoms. The highest BCUT2D eigenvalue weighted by molar-refractivity contribution is 14.0. The number of thiophene rings is 2. The van der Waals surface area contributed by atoms with Gasteiger partial charge in [0.25, 0.3) is 0 Å². The summed E-state index contributed by atoms with van der Waals surface area (Å²) >= 11 is 3.58. The van der Waals surface area contributed by atoms with Gasteiger partial charge in [-0.05, 0) is 41.8 Å². The second-order valence-corrected chi connectivity index (χ2v) is 6.24. The molecule has 2 aromatic heterocycles. The lowest BCUT2D eigenvalue weighted by molar-refractivity contribution is 0.803. The summed E-state index contributed by atoms with van der Waals surface area (Å²) in [4.78, 5) is 7.00. The van der Waals surface area contributed by atoms with E-state index in [0.29, 0.717) is 0 Å². The van der Waals surface area contributed by atoms with E-state index in [0.717, 1.165) is 25.5 Å². The second-order valence-electron chi connectivity index (χ2n) is 4.21. The Bertz CT molecular complexity index is 520. The molecular formula is C14H20IN3S2. The third kappa shape index (κ3) is 5.41. The van der Waals surface area contributed by atoms with Crippen molar-refractivity contribution in [3.8, 4) is 0 Å². The van der Waals surface area contributed by atoms with Gasteiger partial charge in [-0.2, -0.15) is 0 Å². The zero-order valence-corrected chi connectivity index (χ0v) is 15.6. The number of nitrogens with one attached hydrogen (secondary N) is 2. The number of aryl methyl sites for hydroxylation is 1. The molecule has 0 aliphatic carbocycles. The molecule has 110 valence electrons. The summed E-state index contributed by atoms with van der Waals surface area (Å²) in [6.45, 7) is 3.88. The summed E-state index contributed by atoms with van der Waals surface area (Å²) < 4.78 is 0. The molecule has 0 saturated carbocycles. The number of rotatable bonds is 5. The highest BCUT2D eigenvalue weighted by Gasteiger charge is 2.02. The van der Waals surface area contributed by atoms with Crippen molar-refractivity contribution in [1.29, 1.82) is 0 Å². The van der Waals surface area contributed by atoms with E-state index >= 15 is 0 Å². The Morgan fingerprint density at radius 3 is 2.65 bits per heavy atom. The van der Waals surface area contributed by atoms with Crippen LogP contribution in [0.25, 0.3) is 0 Å². The molecule has 0 fully saturated rings. The quantitative estimate of drug-likeness (QED) is 0.440. The Labute approximate surface area is 145 Å². The summed E-state index contributed by atoms with van der Waals surface area (Å²) in [6.07, 6.45) is 1.04. The van der Waals surface area contributed by atoms with E-state index in [1.807, 2.05) is 7.05 Å². The second kappa shape index (κ2) is 9.36. The minimum Gasteiger partial charge on any atom is -0.356 e. The Kier molecular flexibility index (Phi) is 8.16. The predicted octanol–water partition coefficient (Wildman–Crippen LogP) is 3.64. The van der Waals surface area contributed by atoms with E-state index in [-0.39, 0.29) is 24.0 Å². The molecule has 0 aliphatic heterocycles. The summed E-state index contributed by atoms with van der Waals surface area (Å²) in [5.74, 6) is 0.865. The fraction of sp³-hybridized carbons (Fsp3) is 0.357. The Morgan fingerprint density at radius 2 is 2.05 bits per heavy atom. The molecule has 0 bridgehead atoms. The molecule has 0 radical (unpaired) electrons. The van der Waals surface area contributed by atoms with Crippen LogP contribution in [-0.2, 0) is 13.0 Å². The molecule has 0 aromatic carbocycles. The first-order valence-corrected chi connectivity index (χ1v) is 8.05. The van der Waals surface area contributed by atoms with Crippen molar-refractivity contribution >= 4 is 52.6 Å². The predicted molar refractivity (Wildman–Crippen MR) is 101 cm³/mol. The number of hydrogen-bond donors (Lipinski definition) is 2. The summed E-state index contributed by atoms with van der Waals surface area (Å²) in [7, 11) is 1.81. The van der Waals surface area contributed by atoms with E-state index in [2.05, 4.69) is 51.5 Å². The van der Waals surface area contributed by atoms with Crippen LogP contribution in [-0.4, -0.2) is 19.6 Å². The monoisotopic (exact) mass is 421 g/mol. The van der Waals surface area contributed by atoms with Crippen molar-refractivity contribution in [2.75, 3.05) is 13.6 Å². The maximum Gasteiger partial charge on any atom is 0.191 e. The van der Waals surface area contributed by atoms with Crippen LogP contribution in [0, 0.1) is 6.92 Å². The van der Waals surface area contributed by atoms with Gasteiger partial charge in [0.1, 0.15) is 0 Å². The molecule has 0 unspecified atom stereocenters. The minimum atomic E-state index is 0. The van der Waals surface area contributed by atoms with Crippen molar-refractivity contribution in [2.24, 2.45) is 4.99 Å². The molecule has 2 aromatic rings. The van der Waals surface area contributed by atoms with E-state index in [1.54, 1.807) is 22.7 Å². The van der Waals surface area contributed by atoms with Crippen LogP contribution >= 0.6 is 46.7 Å². The van der Waals surface area contributed by atoms with Gasteiger partial charge < -0.3 is 10.6 Å². The van der Waals surface area contributed by atoms with Crippen molar-refractivity contribution in [2.45, 2.75) is 19.9 Å². The topological polar surface area (TPSA) is 36.4 Å². The first-order valence-electron chi connectivity index (χ1n) is 6.29. The molecule has 3 nitrogen and oxygen atoms in total. The van der Waals surface area contributed by atoms with Gasteiger partial charge in [0.05, 0.1) is 6.54 Å². The molecule has 2 N–H and O–H groups in total. The van der Waals surface area contributed by atoms with Gasteiger partial charge in [-0.3, -0.25) is 4.99 Å². The molecule has 0 aliphatic rings. The molecule has 0 amide bonds. The summed E-state index contributed by atoms with van der Waals surface area (Å²) in [5, 5.41) is 10.9. The van der Waals surface area contributed by atoms with Crippen LogP contribution in [0.3, 0.4) is 0 Å². The van der Waals surface area contributed by atoms with Crippen LogP contribution in [0.2, 0.25) is 0 Å². The van der Waals surface area contributed by atoms with E-state index in [4.69, 9.17) is 0 Å². The van der Waals surface area contributed by atoms with Crippen LogP contribution in [0.4, 0.5) is 0 Å². The number of halogens is 1. The highest BCUT2D eigenvalue weighted by Crippen LogP contribution is 2.14. The molecule has 0 saturated heterocycles. The fourth-order valence-electron chi connectivity index (χ4n) is 1.73. The number of nitrogens with zero attached hydrogens (tertiary/aromatic N) is 1. The minimum absolute atomic E-state index is 0. The number of guanidine groups is 1. The van der Waals surface area contributed by atoms with Crippen LogP contribution in [0.1, 0.15) is 15.3 Å². The lowest BCUT2D eigenvalue weighted by Gasteiger charge is -2.11. The number of hydrogen-bond acceptors (Lipinski definition) is 3. The summed E-state index contributed by atoms with van der Waals surface area (Å²) in [5.41, 5.74) is 1.34. The average Bonchev–Trinajstić information content (AvgIpc) is 3.05. The van der Waals surface area contributed by atoms with Gasteiger partial charge in [-0.15, -0.1) is 46.7 Å². The largest absolute Gasteiger partial charge is 0.356 e. The van der Waals surface area contributed by atoms with Crippen LogP contribution in [0.15, 0.2) is 34.0 Å². The zero-order chi connectivity index (χ0) is 13.5. The van der Waals surface area contributed by atoms with Crippen molar-refractivity contribution in [1.82, 2.24) is 10.6 Å². The van der Waals surface area contributed by atoms with Crippen molar-refractivity contribution < 1.29 is 0 Å². The first kappa shape index (κ1) is 17.5. The lowest BCUT2D eigenvalue weighted by Crippen LogP contribution is -2.37. The molecule has 20 heavy (non-hydrogen) atoms. The third-order valence-corrected chi connectivity index (χ3v) is 4.81. The highest BCUT2D eigenvalue weighted by atomic mass is 127. The van der Waals surface area contributed by atoms with Crippen LogP contribution < -0.4 is 10.6 Å². The number of aliphatic imine (C=N–C) groups is 1. The van der Waals surface area contributed by atoms with Gasteiger partial charge in [0, 0.05) is 23.3 Å². The first-order chi connectivity index (χ1) is 9.29. The molecule has 0 atom stereocenters. The van der Waals surface area contributed by atoms with Crippen molar-refractivity contribution in [3.05, 3.63) is 44.3 Å². The maximum atomic E-state index is 4.24. The Morgan fingerprint density at radius 1 is 1.20 bits per heavy atom. The molecule has 2 rings (SSSR count). The normalized spacial score (nSPS) is 11.0. The van der Waals surface area contributed by atoms with Gasteiger partial charge in [0.15, 0.2) is 5.96 Å². The van der Waals surface area contributed by atoms with Gasteiger partial charge in [-0.25, -0.2) is 0 Å². The smallest absolute Gasteiger partial charge is 0.191 e. The SMILES string of the molecule is CN=C(NCCc1cccs1)NCc1sccc1C.I. The molecule has 2 heterocycles. The van der Waals surface area contributed by atoms with Gasteiger partial charge >= 0.3 is 0 Å². The van der Waals surface area contributed by atoms with Crippen LogP contribution in [0.5, 0.6) is 0 Å². The van der Waals surface area contributed by atoms with E-state index in [1.165, 1.54) is 15.3 Å². The zero-order valence-electron chi connectivity index (χ0n) is 11.7. The van der Waals surface area contributed by atoms with E-state index < -0.39 is 0 Å². The average molecular weight is 421 g/mol. The summed E-state index contributed by atoms with van der Waals surface area (Å²) in [6, 6.07) is 6.40. The van der Waals surface area contributed by atoms with Gasteiger partial charge in [0.2, 0.25) is 0 Å². The maximum absolute atomic E-state index is 4.24. The Hall–Kier alpha value is -0.600.